The fourth-order valence-corrected chi connectivity index (χ4v) is 2.87. The van der Waals surface area contributed by atoms with Gasteiger partial charge in [-0.25, -0.2) is 0 Å². The van der Waals surface area contributed by atoms with E-state index in [1.54, 1.807) is 0 Å². The second-order valence-corrected chi connectivity index (χ2v) is 5.03. The Bertz CT molecular complexity index is 399. The number of amides is 1. The molecular formula is C14H18N2O. The van der Waals surface area contributed by atoms with Gasteiger partial charge in [0.25, 0.3) is 0 Å². The normalized spacial score (nSPS) is 23.6. The van der Waals surface area contributed by atoms with E-state index in [4.69, 9.17) is 0 Å². The van der Waals surface area contributed by atoms with Crippen molar-refractivity contribution < 1.29 is 4.79 Å². The van der Waals surface area contributed by atoms with Crippen LogP contribution in [0.1, 0.15) is 24.0 Å². The Morgan fingerprint density at radius 1 is 1.24 bits per heavy atom. The highest BCUT2D eigenvalue weighted by Gasteiger charge is 2.27. The van der Waals surface area contributed by atoms with E-state index in [9.17, 15) is 4.79 Å². The summed E-state index contributed by atoms with van der Waals surface area (Å²) >= 11 is 0. The first-order chi connectivity index (χ1) is 8.33. The number of benzene rings is 1. The van der Waals surface area contributed by atoms with Crippen LogP contribution in [0.2, 0.25) is 0 Å². The van der Waals surface area contributed by atoms with E-state index in [-0.39, 0.29) is 11.9 Å². The lowest BCUT2D eigenvalue weighted by Crippen LogP contribution is -2.45. The summed E-state index contributed by atoms with van der Waals surface area (Å²) in [5.74, 6) is 0.181. The Morgan fingerprint density at radius 2 is 1.94 bits per heavy atom. The predicted octanol–water partition coefficient (Wildman–Crippen LogP) is 1.02. The summed E-state index contributed by atoms with van der Waals surface area (Å²) in [6, 6.07) is 8.80. The maximum absolute atomic E-state index is 12.0. The molecule has 1 aliphatic heterocycles. The fraction of sp³-hybridized carbons (Fsp3) is 0.500. The van der Waals surface area contributed by atoms with Crippen molar-refractivity contribution in [3.05, 3.63) is 35.4 Å². The predicted molar refractivity (Wildman–Crippen MR) is 66.8 cm³/mol. The molecule has 1 aromatic rings. The van der Waals surface area contributed by atoms with E-state index in [1.165, 1.54) is 11.1 Å². The molecule has 0 spiro atoms. The van der Waals surface area contributed by atoms with E-state index in [1.807, 2.05) is 0 Å². The Labute approximate surface area is 102 Å². The number of carbonyl (C=O) groups excluding carboxylic acids is 1. The zero-order valence-electron chi connectivity index (χ0n) is 9.91. The number of carbonyl (C=O) groups is 1. The molecule has 0 unspecified atom stereocenters. The van der Waals surface area contributed by atoms with E-state index >= 15 is 0 Å². The largest absolute Gasteiger partial charge is 0.351 e. The van der Waals surface area contributed by atoms with Crippen LogP contribution >= 0.6 is 0 Å². The van der Waals surface area contributed by atoms with Crippen molar-refractivity contribution in [2.24, 2.45) is 0 Å². The molecule has 1 aromatic carbocycles. The van der Waals surface area contributed by atoms with Gasteiger partial charge in [0, 0.05) is 6.04 Å². The van der Waals surface area contributed by atoms with Crippen LogP contribution in [-0.4, -0.2) is 24.5 Å². The first kappa shape index (κ1) is 10.8. The molecule has 1 atom stereocenters. The van der Waals surface area contributed by atoms with Crippen LogP contribution in [0.4, 0.5) is 0 Å². The zero-order valence-corrected chi connectivity index (χ0v) is 9.91. The van der Waals surface area contributed by atoms with Crippen molar-refractivity contribution in [1.29, 1.82) is 0 Å². The van der Waals surface area contributed by atoms with Gasteiger partial charge in [-0.3, -0.25) is 4.79 Å². The molecular weight excluding hydrogens is 212 g/mol. The van der Waals surface area contributed by atoms with Gasteiger partial charge in [-0.15, -0.1) is 0 Å². The standard InChI is InChI=1S/C14H18N2O/c17-14(13-6-3-7-15-13)16-12-8-10-4-1-2-5-11(10)9-12/h1-2,4-5,12-13,15H,3,6-9H2,(H,16,17)/t13-/m1/s1. The number of hydrogen-bond acceptors (Lipinski definition) is 2. The molecule has 2 N–H and O–H groups in total. The van der Waals surface area contributed by atoms with Crippen LogP contribution in [0.5, 0.6) is 0 Å². The van der Waals surface area contributed by atoms with E-state index < -0.39 is 0 Å². The minimum Gasteiger partial charge on any atom is -0.351 e. The first-order valence-electron chi connectivity index (χ1n) is 6.43. The SMILES string of the molecule is O=C(NC1Cc2ccccc2C1)[C@H]1CCCN1. The summed E-state index contributed by atoms with van der Waals surface area (Å²) in [6.07, 6.45) is 4.05. The smallest absolute Gasteiger partial charge is 0.237 e. The lowest BCUT2D eigenvalue weighted by molar-refractivity contribution is -0.123. The maximum atomic E-state index is 12.0. The summed E-state index contributed by atoms with van der Waals surface area (Å²) < 4.78 is 0. The molecule has 3 heteroatoms. The summed E-state index contributed by atoms with van der Waals surface area (Å²) in [6.45, 7) is 0.975. The highest BCUT2D eigenvalue weighted by atomic mass is 16.2. The van der Waals surface area contributed by atoms with Gasteiger partial charge in [0.05, 0.1) is 6.04 Å². The average Bonchev–Trinajstić information content (AvgIpc) is 2.97. The molecule has 0 aromatic heterocycles. The third-order valence-electron chi connectivity index (χ3n) is 3.77. The third-order valence-corrected chi connectivity index (χ3v) is 3.77. The van der Waals surface area contributed by atoms with E-state index in [2.05, 4.69) is 34.9 Å². The van der Waals surface area contributed by atoms with E-state index in [0.717, 1.165) is 32.2 Å². The molecule has 1 aliphatic carbocycles. The minimum absolute atomic E-state index is 0.0405. The van der Waals surface area contributed by atoms with E-state index in [0.29, 0.717) is 6.04 Å². The van der Waals surface area contributed by atoms with Crippen molar-refractivity contribution >= 4 is 5.91 Å². The van der Waals surface area contributed by atoms with Gasteiger partial charge in [0.1, 0.15) is 0 Å². The van der Waals surface area contributed by atoms with Gasteiger partial charge in [-0.1, -0.05) is 24.3 Å². The van der Waals surface area contributed by atoms with Gasteiger partial charge in [0.2, 0.25) is 5.91 Å². The fourth-order valence-electron chi connectivity index (χ4n) is 2.87. The Morgan fingerprint density at radius 3 is 2.53 bits per heavy atom. The molecule has 90 valence electrons. The van der Waals surface area contributed by atoms with Crippen molar-refractivity contribution in [3.8, 4) is 0 Å². The Kier molecular flexibility index (Phi) is 2.85. The summed E-state index contributed by atoms with van der Waals surface area (Å²) in [5.41, 5.74) is 2.77. The highest BCUT2D eigenvalue weighted by molar-refractivity contribution is 5.82. The molecule has 1 fully saturated rings. The topological polar surface area (TPSA) is 41.1 Å². The first-order valence-corrected chi connectivity index (χ1v) is 6.43. The van der Waals surface area contributed by atoms with Gasteiger partial charge in [-0.2, -0.15) is 0 Å². The van der Waals surface area contributed by atoms with Crippen LogP contribution in [0.3, 0.4) is 0 Å². The van der Waals surface area contributed by atoms with Gasteiger partial charge >= 0.3 is 0 Å². The second-order valence-electron chi connectivity index (χ2n) is 5.03. The number of nitrogens with one attached hydrogen (secondary N) is 2. The van der Waals surface area contributed by atoms with Crippen molar-refractivity contribution in [3.63, 3.8) is 0 Å². The van der Waals surface area contributed by atoms with Crippen LogP contribution < -0.4 is 10.6 Å². The molecule has 3 rings (SSSR count). The molecule has 0 saturated carbocycles. The Hall–Kier alpha value is -1.35. The van der Waals surface area contributed by atoms with Crippen LogP contribution in [0, 0.1) is 0 Å². The van der Waals surface area contributed by atoms with Crippen LogP contribution in [0.25, 0.3) is 0 Å². The number of fused-ring (bicyclic) bond motifs is 1. The summed E-state index contributed by atoms with van der Waals surface area (Å²) in [4.78, 5) is 12.0. The van der Waals surface area contributed by atoms with Gasteiger partial charge < -0.3 is 10.6 Å². The van der Waals surface area contributed by atoms with Gasteiger partial charge in [-0.05, 0) is 43.4 Å². The molecule has 1 heterocycles. The molecule has 0 bridgehead atoms. The highest BCUT2D eigenvalue weighted by Crippen LogP contribution is 2.21. The molecule has 17 heavy (non-hydrogen) atoms. The second kappa shape index (κ2) is 4.49. The lowest BCUT2D eigenvalue weighted by atomic mass is 10.1. The number of hydrogen-bond donors (Lipinski definition) is 2. The molecule has 1 amide bonds. The quantitative estimate of drug-likeness (QED) is 0.796. The Balaban J connectivity index is 1.60. The monoisotopic (exact) mass is 230 g/mol. The van der Waals surface area contributed by atoms with Crippen molar-refractivity contribution in [1.82, 2.24) is 10.6 Å². The average molecular weight is 230 g/mol. The van der Waals surface area contributed by atoms with Gasteiger partial charge in [0.15, 0.2) is 0 Å². The number of rotatable bonds is 2. The summed E-state index contributed by atoms with van der Waals surface area (Å²) in [7, 11) is 0. The lowest BCUT2D eigenvalue weighted by Gasteiger charge is -2.16. The molecule has 3 nitrogen and oxygen atoms in total. The van der Waals surface area contributed by atoms with Crippen LogP contribution in [0.15, 0.2) is 24.3 Å². The maximum Gasteiger partial charge on any atom is 0.237 e. The molecule has 1 saturated heterocycles. The molecule has 2 aliphatic rings. The minimum atomic E-state index is 0.0405. The zero-order chi connectivity index (χ0) is 11.7. The van der Waals surface area contributed by atoms with Crippen molar-refractivity contribution in [2.45, 2.75) is 37.8 Å². The van der Waals surface area contributed by atoms with Crippen molar-refractivity contribution in [2.75, 3.05) is 6.54 Å². The molecule has 0 radical (unpaired) electrons. The van der Waals surface area contributed by atoms with Crippen LogP contribution in [-0.2, 0) is 17.6 Å². The summed E-state index contributed by atoms with van der Waals surface area (Å²) in [5, 5.41) is 6.41. The third kappa shape index (κ3) is 2.20.